The van der Waals surface area contributed by atoms with Crippen molar-refractivity contribution in [3.8, 4) is 11.6 Å². The monoisotopic (exact) mass is 292 g/mol. The van der Waals surface area contributed by atoms with E-state index in [9.17, 15) is 14.7 Å². The summed E-state index contributed by atoms with van der Waals surface area (Å²) in [7, 11) is 0. The summed E-state index contributed by atoms with van der Waals surface area (Å²) < 4.78 is 6.16. The number of phenolic OH excluding ortho intramolecular Hbond substituents is 1. The summed E-state index contributed by atoms with van der Waals surface area (Å²) in [6, 6.07) is 6.33. The molecule has 0 aliphatic carbocycles. The molecule has 0 saturated carbocycles. The lowest BCUT2D eigenvalue weighted by molar-refractivity contribution is -0.132. The van der Waals surface area contributed by atoms with E-state index in [1.165, 1.54) is 35.9 Å². The third-order valence-corrected chi connectivity index (χ3v) is 3.10. The quantitative estimate of drug-likeness (QED) is 0.859. The lowest BCUT2D eigenvalue weighted by atomic mass is 10.3. The van der Waals surface area contributed by atoms with E-state index in [1.54, 1.807) is 12.1 Å². The third-order valence-electron chi connectivity index (χ3n) is 2.29. The zero-order chi connectivity index (χ0) is 14.7. The minimum atomic E-state index is -0.512. The van der Waals surface area contributed by atoms with E-state index >= 15 is 0 Å². The standard InChI is InChI=1S/C13H12N2O4S/c1-8(16)15-12(19-9(2)17)7-20-13(15)14-10-4-3-5-11(18)6-10/h3-7,18H,1-2H3. The van der Waals surface area contributed by atoms with Crippen LogP contribution in [-0.2, 0) is 4.79 Å². The topological polar surface area (TPSA) is 80.9 Å². The second-order valence-electron chi connectivity index (χ2n) is 3.94. The van der Waals surface area contributed by atoms with Crippen LogP contribution in [0.1, 0.15) is 18.6 Å². The zero-order valence-corrected chi connectivity index (χ0v) is 11.7. The highest BCUT2D eigenvalue weighted by Gasteiger charge is 2.12. The molecule has 0 saturated heterocycles. The molecule has 6 nitrogen and oxygen atoms in total. The number of ether oxygens (including phenoxy) is 1. The lowest BCUT2D eigenvalue weighted by Crippen LogP contribution is -2.22. The molecule has 0 fully saturated rings. The number of rotatable bonds is 2. The summed E-state index contributed by atoms with van der Waals surface area (Å²) in [5, 5.41) is 10.9. The first kappa shape index (κ1) is 14.0. The highest BCUT2D eigenvalue weighted by Crippen LogP contribution is 2.19. The van der Waals surface area contributed by atoms with Crippen LogP contribution >= 0.6 is 11.3 Å². The number of carbonyl (C=O) groups excluding carboxylic acids is 2. The summed E-state index contributed by atoms with van der Waals surface area (Å²) in [5.74, 6) is -0.616. The fourth-order valence-electron chi connectivity index (χ4n) is 1.56. The number of nitrogens with zero attached hydrogens (tertiary/aromatic N) is 2. The predicted octanol–water partition coefficient (Wildman–Crippen LogP) is 2.07. The Morgan fingerprint density at radius 1 is 1.35 bits per heavy atom. The van der Waals surface area contributed by atoms with E-state index in [1.807, 2.05) is 0 Å². The molecule has 104 valence electrons. The number of thiazole rings is 1. The van der Waals surface area contributed by atoms with Crippen molar-refractivity contribution in [3.05, 3.63) is 34.4 Å². The van der Waals surface area contributed by atoms with Crippen LogP contribution in [0.4, 0.5) is 5.69 Å². The molecule has 2 rings (SSSR count). The molecule has 0 amide bonds. The van der Waals surface area contributed by atoms with Gasteiger partial charge >= 0.3 is 5.97 Å². The van der Waals surface area contributed by atoms with E-state index in [-0.39, 0.29) is 17.5 Å². The van der Waals surface area contributed by atoms with Gasteiger partial charge in [-0.15, -0.1) is 11.3 Å². The van der Waals surface area contributed by atoms with Crippen LogP contribution in [0.3, 0.4) is 0 Å². The van der Waals surface area contributed by atoms with Crippen molar-refractivity contribution in [1.29, 1.82) is 0 Å². The van der Waals surface area contributed by atoms with Crippen molar-refractivity contribution in [3.63, 3.8) is 0 Å². The van der Waals surface area contributed by atoms with Crippen LogP contribution in [0, 0.1) is 0 Å². The highest BCUT2D eigenvalue weighted by molar-refractivity contribution is 7.07. The average molecular weight is 292 g/mol. The largest absolute Gasteiger partial charge is 0.508 e. The number of esters is 1. The van der Waals surface area contributed by atoms with Crippen LogP contribution in [0.15, 0.2) is 34.6 Å². The van der Waals surface area contributed by atoms with Gasteiger partial charge in [0.25, 0.3) is 0 Å². The maximum atomic E-state index is 11.7. The van der Waals surface area contributed by atoms with Crippen LogP contribution in [-0.4, -0.2) is 21.6 Å². The van der Waals surface area contributed by atoms with Crippen molar-refractivity contribution in [2.45, 2.75) is 13.8 Å². The Morgan fingerprint density at radius 2 is 2.10 bits per heavy atom. The zero-order valence-electron chi connectivity index (χ0n) is 10.9. The summed E-state index contributed by atoms with van der Waals surface area (Å²) in [4.78, 5) is 27.3. The number of hydrogen-bond donors (Lipinski definition) is 1. The summed E-state index contributed by atoms with van der Waals surface area (Å²) in [6.45, 7) is 2.61. The fourth-order valence-corrected chi connectivity index (χ4v) is 2.40. The van der Waals surface area contributed by atoms with E-state index < -0.39 is 5.97 Å². The Morgan fingerprint density at radius 3 is 2.70 bits per heavy atom. The molecule has 1 aromatic heterocycles. The molecule has 1 N–H and O–H groups in total. The molecule has 2 aromatic rings. The van der Waals surface area contributed by atoms with Crippen LogP contribution in [0.2, 0.25) is 0 Å². The van der Waals surface area contributed by atoms with Gasteiger partial charge in [-0.1, -0.05) is 6.07 Å². The molecule has 0 unspecified atom stereocenters. The molecule has 7 heteroatoms. The van der Waals surface area contributed by atoms with Crippen molar-refractivity contribution < 1.29 is 19.4 Å². The molecule has 1 heterocycles. The molecule has 0 aliphatic rings. The van der Waals surface area contributed by atoms with E-state index in [2.05, 4.69) is 4.99 Å². The Bertz CT molecular complexity index is 730. The molecule has 1 aromatic carbocycles. The molecule has 0 spiro atoms. The molecular formula is C13H12N2O4S. The first-order chi connectivity index (χ1) is 9.47. The Balaban J connectivity index is 2.54. The number of phenols is 1. The van der Waals surface area contributed by atoms with Crippen molar-refractivity contribution in [2.75, 3.05) is 0 Å². The lowest BCUT2D eigenvalue weighted by Gasteiger charge is -2.03. The van der Waals surface area contributed by atoms with Gasteiger partial charge in [-0.05, 0) is 12.1 Å². The minimum Gasteiger partial charge on any atom is -0.508 e. The Labute approximate surface area is 118 Å². The van der Waals surface area contributed by atoms with Crippen LogP contribution in [0.5, 0.6) is 11.6 Å². The first-order valence-corrected chi connectivity index (χ1v) is 6.59. The van der Waals surface area contributed by atoms with Gasteiger partial charge in [-0.25, -0.2) is 9.56 Å². The molecule has 20 heavy (non-hydrogen) atoms. The Hall–Kier alpha value is -2.41. The van der Waals surface area contributed by atoms with E-state index in [0.29, 0.717) is 10.5 Å². The second-order valence-corrected chi connectivity index (χ2v) is 4.77. The van der Waals surface area contributed by atoms with Gasteiger partial charge in [-0.2, -0.15) is 0 Å². The van der Waals surface area contributed by atoms with E-state index in [4.69, 9.17) is 4.74 Å². The molecule has 0 atom stereocenters. The van der Waals surface area contributed by atoms with Gasteiger partial charge in [0, 0.05) is 19.9 Å². The maximum absolute atomic E-state index is 11.7. The van der Waals surface area contributed by atoms with Gasteiger partial charge in [0.05, 0.1) is 11.1 Å². The summed E-state index contributed by atoms with van der Waals surface area (Å²) in [6.07, 6.45) is 0. The molecule has 0 aliphatic heterocycles. The fraction of sp³-hybridized carbons (Fsp3) is 0.154. The number of benzene rings is 1. The highest BCUT2D eigenvalue weighted by atomic mass is 32.1. The smallest absolute Gasteiger partial charge is 0.309 e. The second kappa shape index (κ2) is 5.70. The molecular weight excluding hydrogens is 280 g/mol. The molecule has 0 bridgehead atoms. The summed E-state index contributed by atoms with van der Waals surface area (Å²) >= 11 is 1.16. The number of aromatic nitrogens is 1. The third kappa shape index (κ3) is 3.12. The number of aromatic hydroxyl groups is 1. The van der Waals surface area contributed by atoms with Crippen LogP contribution in [0.25, 0.3) is 0 Å². The van der Waals surface area contributed by atoms with Gasteiger partial charge in [0.1, 0.15) is 5.75 Å². The van der Waals surface area contributed by atoms with Crippen molar-refractivity contribution in [2.24, 2.45) is 4.99 Å². The van der Waals surface area contributed by atoms with Gasteiger partial charge in [0.2, 0.25) is 11.8 Å². The van der Waals surface area contributed by atoms with Crippen molar-refractivity contribution >= 4 is 28.9 Å². The normalized spacial score (nSPS) is 11.4. The first-order valence-electron chi connectivity index (χ1n) is 5.71. The van der Waals surface area contributed by atoms with Crippen molar-refractivity contribution in [1.82, 2.24) is 4.57 Å². The van der Waals surface area contributed by atoms with Crippen LogP contribution < -0.4 is 9.54 Å². The maximum Gasteiger partial charge on any atom is 0.309 e. The minimum absolute atomic E-state index is 0.0809. The summed E-state index contributed by atoms with van der Waals surface area (Å²) in [5.41, 5.74) is 0.497. The Kier molecular flexibility index (Phi) is 3.99. The van der Waals surface area contributed by atoms with Gasteiger partial charge < -0.3 is 9.84 Å². The molecule has 0 radical (unpaired) electrons. The van der Waals surface area contributed by atoms with Gasteiger partial charge in [-0.3, -0.25) is 9.59 Å². The predicted molar refractivity (Wildman–Crippen MR) is 73.2 cm³/mol. The SMILES string of the molecule is CC(=O)Oc1csc(=Nc2cccc(O)c2)n1C(C)=O. The van der Waals surface area contributed by atoms with Gasteiger partial charge in [0.15, 0.2) is 4.80 Å². The number of hydrogen-bond acceptors (Lipinski definition) is 6. The van der Waals surface area contributed by atoms with E-state index in [0.717, 1.165) is 11.3 Å². The average Bonchev–Trinajstić information content (AvgIpc) is 2.71. The number of carbonyl (C=O) groups is 2.